The number of carbonyl (C=O) groups is 1. The monoisotopic (exact) mass is 385 g/mol. The molecule has 1 unspecified atom stereocenters. The minimum atomic E-state index is -0.453. The molecule has 0 saturated heterocycles. The zero-order valence-electron chi connectivity index (χ0n) is 16.1. The van der Waals surface area contributed by atoms with E-state index in [1.165, 1.54) is 0 Å². The number of pyridine rings is 1. The predicted octanol–water partition coefficient (Wildman–Crippen LogP) is 2.76. The molecular formula is C18H23N7O3. The normalized spacial score (nSPS) is 12.0. The van der Waals surface area contributed by atoms with Crippen molar-refractivity contribution in [1.82, 2.24) is 35.5 Å². The third kappa shape index (κ3) is 4.70. The van der Waals surface area contributed by atoms with Gasteiger partial charge in [-0.25, -0.2) is 4.79 Å². The van der Waals surface area contributed by atoms with Crippen molar-refractivity contribution in [2.75, 3.05) is 6.54 Å². The second-order valence-corrected chi connectivity index (χ2v) is 6.23. The quantitative estimate of drug-likeness (QED) is 0.628. The predicted molar refractivity (Wildman–Crippen MR) is 98.9 cm³/mol. The summed E-state index contributed by atoms with van der Waals surface area (Å²) in [5.41, 5.74) is 0.790. The van der Waals surface area contributed by atoms with E-state index in [4.69, 9.17) is 9.05 Å². The molecule has 0 radical (unpaired) electrons. The minimum absolute atomic E-state index is 0.258. The molecule has 28 heavy (non-hydrogen) atoms. The summed E-state index contributed by atoms with van der Waals surface area (Å²) >= 11 is 0. The zero-order chi connectivity index (χ0) is 19.9. The summed E-state index contributed by atoms with van der Waals surface area (Å²) in [6.07, 6.45) is 4.95. The van der Waals surface area contributed by atoms with E-state index in [0.29, 0.717) is 30.0 Å². The molecule has 10 nitrogen and oxygen atoms in total. The van der Waals surface area contributed by atoms with Crippen LogP contribution in [-0.4, -0.2) is 42.7 Å². The van der Waals surface area contributed by atoms with Crippen molar-refractivity contribution in [3.63, 3.8) is 0 Å². The first-order valence-corrected chi connectivity index (χ1v) is 9.21. The number of aromatic nitrogens is 5. The Balaban J connectivity index is 1.61. The molecule has 0 aliphatic rings. The van der Waals surface area contributed by atoms with Crippen LogP contribution in [0.3, 0.4) is 0 Å². The highest BCUT2D eigenvalue weighted by Gasteiger charge is 2.21. The van der Waals surface area contributed by atoms with E-state index >= 15 is 0 Å². The molecule has 0 aliphatic carbocycles. The van der Waals surface area contributed by atoms with E-state index in [1.807, 2.05) is 13.8 Å². The summed E-state index contributed by atoms with van der Waals surface area (Å²) in [6, 6.07) is 2.84. The van der Waals surface area contributed by atoms with Crippen LogP contribution in [0.25, 0.3) is 11.4 Å². The topological polar surface area (TPSA) is 123 Å². The summed E-state index contributed by atoms with van der Waals surface area (Å²) in [4.78, 5) is 26.8. The molecule has 1 N–H and O–H groups in total. The Morgan fingerprint density at radius 3 is 2.68 bits per heavy atom. The largest absolute Gasteiger partial charge is 0.339 e. The number of aryl methyl sites for hydroxylation is 1. The molecule has 2 amide bonds. The maximum absolute atomic E-state index is 12.6. The van der Waals surface area contributed by atoms with Gasteiger partial charge in [-0.1, -0.05) is 17.2 Å². The Morgan fingerprint density at radius 2 is 1.96 bits per heavy atom. The maximum atomic E-state index is 12.6. The van der Waals surface area contributed by atoms with Gasteiger partial charge in [-0.2, -0.15) is 9.97 Å². The molecule has 3 rings (SSSR count). The first-order chi connectivity index (χ1) is 13.6. The molecule has 3 heterocycles. The van der Waals surface area contributed by atoms with Gasteiger partial charge in [0.1, 0.15) is 6.04 Å². The maximum Gasteiger partial charge on any atom is 0.318 e. The molecule has 3 aromatic heterocycles. The van der Waals surface area contributed by atoms with E-state index < -0.39 is 6.04 Å². The van der Waals surface area contributed by atoms with Gasteiger partial charge in [0, 0.05) is 30.9 Å². The van der Waals surface area contributed by atoms with Gasteiger partial charge >= 0.3 is 6.03 Å². The van der Waals surface area contributed by atoms with Crippen molar-refractivity contribution in [2.24, 2.45) is 0 Å². The van der Waals surface area contributed by atoms with Crippen LogP contribution in [0.15, 0.2) is 33.6 Å². The number of nitrogens with one attached hydrogen (secondary N) is 1. The van der Waals surface area contributed by atoms with Gasteiger partial charge in [0.05, 0.1) is 6.54 Å². The number of rotatable bonds is 8. The van der Waals surface area contributed by atoms with Crippen molar-refractivity contribution in [1.29, 1.82) is 0 Å². The highest BCUT2D eigenvalue weighted by molar-refractivity contribution is 5.74. The van der Waals surface area contributed by atoms with Gasteiger partial charge < -0.3 is 19.3 Å². The number of urea groups is 1. The van der Waals surface area contributed by atoms with Crippen LogP contribution >= 0.6 is 0 Å². The summed E-state index contributed by atoms with van der Waals surface area (Å²) in [7, 11) is 0. The van der Waals surface area contributed by atoms with Crippen molar-refractivity contribution in [2.45, 2.75) is 46.2 Å². The Bertz CT molecular complexity index is 893. The van der Waals surface area contributed by atoms with E-state index in [-0.39, 0.29) is 12.6 Å². The van der Waals surface area contributed by atoms with Gasteiger partial charge in [-0.05, 0) is 32.4 Å². The lowest BCUT2D eigenvalue weighted by Gasteiger charge is -2.21. The van der Waals surface area contributed by atoms with Gasteiger partial charge in [-0.15, -0.1) is 0 Å². The molecule has 0 saturated carbocycles. The van der Waals surface area contributed by atoms with Gasteiger partial charge in [0.15, 0.2) is 5.82 Å². The van der Waals surface area contributed by atoms with E-state index in [2.05, 4.69) is 30.6 Å². The highest BCUT2D eigenvalue weighted by Crippen LogP contribution is 2.18. The lowest BCUT2D eigenvalue weighted by atomic mass is 10.2. The molecule has 148 valence electrons. The number of nitrogens with zero attached hydrogens (tertiary/aromatic N) is 6. The third-order valence-corrected chi connectivity index (χ3v) is 4.07. The van der Waals surface area contributed by atoms with Crippen LogP contribution in [0.1, 0.15) is 50.8 Å². The smallest absolute Gasteiger partial charge is 0.318 e. The molecule has 0 fully saturated rings. The van der Waals surface area contributed by atoms with Crippen LogP contribution in [0.5, 0.6) is 0 Å². The standard InChI is InChI=1S/C18H23N7O3/c1-4-6-15-21-14(23-27-15)11-25(5-2)18(26)20-12(3)17-22-16(24-28-17)13-7-9-19-10-8-13/h7-10,12H,4-6,11H2,1-3H3,(H,20,26). The first-order valence-electron chi connectivity index (χ1n) is 9.21. The summed E-state index contributed by atoms with van der Waals surface area (Å²) in [6.45, 7) is 6.44. The lowest BCUT2D eigenvalue weighted by molar-refractivity contribution is 0.190. The SMILES string of the molecule is CCCc1nc(CN(CC)C(=O)NC(C)c2nc(-c3ccncc3)no2)no1. The second-order valence-electron chi connectivity index (χ2n) is 6.23. The number of amides is 2. The van der Waals surface area contributed by atoms with Crippen molar-refractivity contribution in [3.05, 3.63) is 42.1 Å². The highest BCUT2D eigenvalue weighted by atomic mass is 16.5. The Morgan fingerprint density at radius 1 is 1.18 bits per heavy atom. The summed E-state index contributed by atoms with van der Waals surface area (Å²) < 4.78 is 10.5. The average molecular weight is 385 g/mol. The fraction of sp³-hybridized carbons (Fsp3) is 0.444. The van der Waals surface area contributed by atoms with Crippen molar-refractivity contribution >= 4 is 6.03 Å². The third-order valence-electron chi connectivity index (χ3n) is 4.07. The number of carbonyl (C=O) groups excluding carboxylic acids is 1. The van der Waals surface area contributed by atoms with Crippen LogP contribution in [0.4, 0.5) is 4.79 Å². The summed E-state index contributed by atoms with van der Waals surface area (Å²) in [5, 5.41) is 10.7. The lowest BCUT2D eigenvalue weighted by Crippen LogP contribution is -2.40. The van der Waals surface area contributed by atoms with Crippen LogP contribution in [0.2, 0.25) is 0 Å². The molecule has 3 aromatic rings. The van der Waals surface area contributed by atoms with Gasteiger partial charge in [-0.3, -0.25) is 4.98 Å². The van der Waals surface area contributed by atoms with Gasteiger partial charge in [0.2, 0.25) is 17.6 Å². The molecule has 0 spiro atoms. The van der Waals surface area contributed by atoms with Crippen LogP contribution < -0.4 is 5.32 Å². The Hall–Kier alpha value is -3.30. The molecule has 0 aliphatic heterocycles. The molecule has 1 atom stereocenters. The number of hydrogen-bond donors (Lipinski definition) is 1. The zero-order valence-corrected chi connectivity index (χ0v) is 16.1. The molecular weight excluding hydrogens is 362 g/mol. The molecule has 0 bridgehead atoms. The average Bonchev–Trinajstić information content (AvgIpc) is 3.37. The van der Waals surface area contributed by atoms with Crippen LogP contribution in [-0.2, 0) is 13.0 Å². The Labute approximate surface area is 162 Å². The van der Waals surface area contributed by atoms with E-state index in [0.717, 1.165) is 18.4 Å². The first kappa shape index (κ1) is 19.5. The summed E-state index contributed by atoms with van der Waals surface area (Å²) in [5.74, 6) is 1.82. The second kappa shape index (κ2) is 9.07. The molecule has 0 aromatic carbocycles. The van der Waals surface area contributed by atoms with E-state index in [9.17, 15) is 4.79 Å². The van der Waals surface area contributed by atoms with Crippen molar-refractivity contribution in [3.8, 4) is 11.4 Å². The number of hydrogen-bond acceptors (Lipinski definition) is 8. The van der Waals surface area contributed by atoms with Crippen molar-refractivity contribution < 1.29 is 13.8 Å². The minimum Gasteiger partial charge on any atom is -0.339 e. The van der Waals surface area contributed by atoms with E-state index in [1.54, 1.807) is 36.4 Å². The van der Waals surface area contributed by atoms with Crippen LogP contribution in [0, 0.1) is 0 Å². The van der Waals surface area contributed by atoms with Gasteiger partial charge in [0.25, 0.3) is 0 Å². The fourth-order valence-electron chi connectivity index (χ4n) is 2.54. The molecule has 10 heteroatoms. The fourth-order valence-corrected chi connectivity index (χ4v) is 2.54. The Kier molecular flexibility index (Phi) is 6.30.